The molecular formula is C16H18IN3O2. The molecule has 0 saturated heterocycles. The zero-order chi connectivity index (χ0) is 16.3. The first-order chi connectivity index (χ1) is 10.4. The van der Waals surface area contributed by atoms with Gasteiger partial charge in [0.1, 0.15) is 5.75 Å². The molecule has 0 unspecified atom stereocenters. The molecule has 6 heteroatoms. The highest BCUT2D eigenvalue weighted by atomic mass is 127. The second kappa shape index (κ2) is 6.95. The van der Waals surface area contributed by atoms with E-state index in [1.165, 1.54) is 6.07 Å². The fourth-order valence-corrected chi connectivity index (χ4v) is 2.66. The molecule has 22 heavy (non-hydrogen) atoms. The number of benzene rings is 1. The zero-order valence-corrected chi connectivity index (χ0v) is 14.9. The number of aromatic nitrogens is 1. The normalized spacial score (nSPS) is 11.1. The number of hydrogen-bond donors (Lipinski definition) is 2. The second-order valence-corrected chi connectivity index (χ2v) is 6.10. The Bertz CT molecular complexity index is 735. The SMILES string of the molecule is CCn1c(C)cc(/C=N\NC(=O)c2ccc(I)c(O)c2)c1C. The molecule has 1 aromatic carbocycles. The van der Waals surface area contributed by atoms with Crippen molar-refractivity contribution >= 4 is 34.7 Å². The minimum Gasteiger partial charge on any atom is -0.507 e. The first-order valence-electron chi connectivity index (χ1n) is 6.92. The zero-order valence-electron chi connectivity index (χ0n) is 12.7. The molecular weight excluding hydrogens is 393 g/mol. The van der Waals surface area contributed by atoms with Gasteiger partial charge in [-0.1, -0.05) is 0 Å². The lowest BCUT2D eigenvalue weighted by atomic mass is 10.2. The minimum absolute atomic E-state index is 0.0868. The van der Waals surface area contributed by atoms with Crippen LogP contribution in [0.25, 0.3) is 0 Å². The molecule has 0 fully saturated rings. The van der Waals surface area contributed by atoms with E-state index in [9.17, 15) is 9.90 Å². The van der Waals surface area contributed by atoms with E-state index < -0.39 is 0 Å². The van der Waals surface area contributed by atoms with Gasteiger partial charge in [-0.15, -0.1) is 0 Å². The molecule has 116 valence electrons. The van der Waals surface area contributed by atoms with Gasteiger partial charge < -0.3 is 9.67 Å². The van der Waals surface area contributed by atoms with Crippen LogP contribution in [0.4, 0.5) is 0 Å². The van der Waals surface area contributed by atoms with Gasteiger partial charge in [-0.3, -0.25) is 4.79 Å². The van der Waals surface area contributed by atoms with Crippen molar-refractivity contribution < 1.29 is 9.90 Å². The maximum Gasteiger partial charge on any atom is 0.271 e. The summed E-state index contributed by atoms with van der Waals surface area (Å²) < 4.78 is 2.88. The number of carbonyl (C=O) groups is 1. The number of hydrazone groups is 1. The first-order valence-corrected chi connectivity index (χ1v) is 8.00. The summed E-state index contributed by atoms with van der Waals surface area (Å²) in [6.07, 6.45) is 1.64. The quantitative estimate of drug-likeness (QED) is 0.461. The Hall–Kier alpha value is -1.83. The Kier molecular flexibility index (Phi) is 5.23. The van der Waals surface area contributed by atoms with E-state index in [-0.39, 0.29) is 11.7 Å². The molecule has 1 aromatic heterocycles. The lowest BCUT2D eigenvalue weighted by molar-refractivity contribution is 0.0954. The number of aromatic hydroxyl groups is 1. The van der Waals surface area contributed by atoms with Crippen LogP contribution in [0.1, 0.15) is 34.2 Å². The number of carbonyl (C=O) groups excluding carboxylic acids is 1. The van der Waals surface area contributed by atoms with Crippen LogP contribution in [-0.4, -0.2) is 21.8 Å². The molecule has 0 aliphatic carbocycles. The summed E-state index contributed by atoms with van der Waals surface area (Å²) in [6, 6.07) is 6.79. The van der Waals surface area contributed by atoms with E-state index in [0.717, 1.165) is 23.5 Å². The lowest BCUT2D eigenvalue weighted by Crippen LogP contribution is -2.17. The Morgan fingerprint density at radius 1 is 1.41 bits per heavy atom. The molecule has 1 heterocycles. The summed E-state index contributed by atoms with van der Waals surface area (Å²) in [7, 11) is 0. The number of phenolic OH excluding ortho intramolecular Hbond substituents is 1. The molecule has 0 bridgehead atoms. The minimum atomic E-state index is -0.354. The maximum atomic E-state index is 12.0. The number of amides is 1. The molecule has 0 atom stereocenters. The molecule has 2 rings (SSSR count). The van der Waals surface area contributed by atoms with Crippen molar-refractivity contribution in [1.29, 1.82) is 0 Å². The van der Waals surface area contributed by atoms with Gasteiger partial charge in [0.05, 0.1) is 9.78 Å². The summed E-state index contributed by atoms with van der Waals surface area (Å²) in [5.74, 6) is -0.268. The van der Waals surface area contributed by atoms with Crippen LogP contribution in [0.15, 0.2) is 29.4 Å². The average molecular weight is 411 g/mol. The van der Waals surface area contributed by atoms with Gasteiger partial charge in [0.15, 0.2) is 0 Å². The van der Waals surface area contributed by atoms with E-state index in [2.05, 4.69) is 22.0 Å². The smallest absolute Gasteiger partial charge is 0.271 e. The largest absolute Gasteiger partial charge is 0.507 e. The van der Waals surface area contributed by atoms with Crippen LogP contribution >= 0.6 is 22.6 Å². The summed E-state index contributed by atoms with van der Waals surface area (Å²) >= 11 is 2.00. The van der Waals surface area contributed by atoms with Gasteiger partial charge in [-0.2, -0.15) is 5.10 Å². The fourth-order valence-electron chi connectivity index (χ4n) is 2.32. The molecule has 0 aliphatic heterocycles. The van der Waals surface area contributed by atoms with Crippen molar-refractivity contribution in [3.63, 3.8) is 0 Å². The van der Waals surface area contributed by atoms with Gasteiger partial charge in [-0.25, -0.2) is 5.43 Å². The molecule has 0 radical (unpaired) electrons. The van der Waals surface area contributed by atoms with Crippen LogP contribution in [0.3, 0.4) is 0 Å². The molecule has 0 spiro atoms. The highest BCUT2D eigenvalue weighted by Gasteiger charge is 2.08. The maximum absolute atomic E-state index is 12.0. The average Bonchev–Trinajstić information content (AvgIpc) is 2.75. The van der Waals surface area contributed by atoms with Crippen LogP contribution in [-0.2, 0) is 6.54 Å². The molecule has 0 aliphatic rings. The van der Waals surface area contributed by atoms with Gasteiger partial charge in [0, 0.05) is 29.1 Å². The number of hydrogen-bond acceptors (Lipinski definition) is 3. The third kappa shape index (κ3) is 3.49. The fraction of sp³-hybridized carbons (Fsp3) is 0.250. The molecule has 5 nitrogen and oxygen atoms in total. The van der Waals surface area contributed by atoms with Crippen LogP contribution in [0.2, 0.25) is 0 Å². The number of aryl methyl sites for hydroxylation is 1. The highest BCUT2D eigenvalue weighted by molar-refractivity contribution is 14.1. The van der Waals surface area contributed by atoms with Gasteiger partial charge >= 0.3 is 0 Å². The van der Waals surface area contributed by atoms with Gasteiger partial charge in [0.25, 0.3) is 5.91 Å². The van der Waals surface area contributed by atoms with Crippen molar-refractivity contribution in [1.82, 2.24) is 9.99 Å². The van der Waals surface area contributed by atoms with E-state index in [1.54, 1.807) is 18.3 Å². The number of nitrogens with one attached hydrogen (secondary N) is 1. The van der Waals surface area contributed by atoms with Crippen molar-refractivity contribution in [2.45, 2.75) is 27.3 Å². The Morgan fingerprint density at radius 2 is 2.14 bits per heavy atom. The summed E-state index contributed by atoms with van der Waals surface area (Å²) in [6.45, 7) is 7.06. The van der Waals surface area contributed by atoms with Crippen molar-refractivity contribution in [2.75, 3.05) is 0 Å². The van der Waals surface area contributed by atoms with E-state index in [4.69, 9.17) is 0 Å². The summed E-state index contributed by atoms with van der Waals surface area (Å²) in [4.78, 5) is 12.0. The van der Waals surface area contributed by atoms with Crippen molar-refractivity contribution in [3.8, 4) is 5.75 Å². The van der Waals surface area contributed by atoms with E-state index >= 15 is 0 Å². The molecule has 1 amide bonds. The Morgan fingerprint density at radius 3 is 2.73 bits per heavy atom. The molecule has 0 saturated carbocycles. The van der Waals surface area contributed by atoms with Gasteiger partial charge in [-0.05, 0) is 67.6 Å². The van der Waals surface area contributed by atoms with Crippen molar-refractivity contribution in [2.24, 2.45) is 5.10 Å². The lowest BCUT2D eigenvalue weighted by Gasteiger charge is -2.04. The number of nitrogens with zero attached hydrogens (tertiary/aromatic N) is 2. The Balaban J connectivity index is 2.09. The van der Waals surface area contributed by atoms with Crippen LogP contribution in [0, 0.1) is 17.4 Å². The number of phenols is 1. The topological polar surface area (TPSA) is 66.6 Å². The highest BCUT2D eigenvalue weighted by Crippen LogP contribution is 2.20. The summed E-state index contributed by atoms with van der Waals surface area (Å²) in [5.41, 5.74) is 6.10. The summed E-state index contributed by atoms with van der Waals surface area (Å²) in [5, 5.41) is 13.6. The first kappa shape index (κ1) is 16.5. The third-order valence-electron chi connectivity index (χ3n) is 3.51. The van der Waals surface area contributed by atoms with E-state index in [0.29, 0.717) is 9.13 Å². The predicted molar refractivity (Wildman–Crippen MR) is 95.5 cm³/mol. The predicted octanol–water partition coefficient (Wildman–Crippen LogP) is 3.20. The van der Waals surface area contributed by atoms with Crippen LogP contribution in [0.5, 0.6) is 5.75 Å². The standard InChI is InChI=1S/C16H18IN3O2/c1-4-20-10(2)7-13(11(20)3)9-18-19-16(22)12-5-6-14(17)15(21)8-12/h5-9,21H,4H2,1-3H3,(H,19,22)/b18-9-. The molecule has 2 aromatic rings. The molecule has 2 N–H and O–H groups in total. The van der Waals surface area contributed by atoms with Gasteiger partial charge in [0.2, 0.25) is 0 Å². The number of halogens is 1. The second-order valence-electron chi connectivity index (χ2n) is 4.94. The van der Waals surface area contributed by atoms with Crippen molar-refractivity contribution in [3.05, 3.63) is 50.4 Å². The van der Waals surface area contributed by atoms with E-state index in [1.807, 2.05) is 42.5 Å². The van der Waals surface area contributed by atoms with Crippen LogP contribution < -0.4 is 5.43 Å². The monoisotopic (exact) mass is 411 g/mol. The third-order valence-corrected chi connectivity index (χ3v) is 4.42. The number of rotatable bonds is 4. The Labute approximate surface area is 143 Å².